The monoisotopic (exact) mass is 259 g/mol. The molecule has 0 aliphatic heterocycles. The van der Waals surface area contributed by atoms with Crippen LogP contribution in [0.1, 0.15) is 25.3 Å². The summed E-state index contributed by atoms with van der Waals surface area (Å²) in [5.41, 5.74) is 7.90. The highest BCUT2D eigenvalue weighted by Gasteiger charge is 2.08. The maximum atomic E-state index is 11.9. The molecule has 1 aromatic carbocycles. The van der Waals surface area contributed by atoms with Crippen molar-refractivity contribution in [2.75, 3.05) is 6.54 Å². The second-order valence-corrected chi connectivity index (χ2v) is 4.71. The first-order chi connectivity index (χ1) is 9.26. The lowest BCUT2D eigenvalue weighted by Crippen LogP contribution is -2.28. The molecule has 102 valence electrons. The van der Waals surface area contributed by atoms with Crippen LogP contribution in [0.25, 0.3) is 10.9 Å². The number of fused-ring (bicyclic) bond motifs is 1. The van der Waals surface area contributed by atoms with Gasteiger partial charge in [0.2, 0.25) is 5.91 Å². The lowest BCUT2D eigenvalue weighted by molar-refractivity contribution is -0.121. The van der Waals surface area contributed by atoms with Gasteiger partial charge in [-0.1, -0.05) is 31.5 Å². The molecule has 4 heteroatoms. The summed E-state index contributed by atoms with van der Waals surface area (Å²) < 4.78 is 1.97. The van der Waals surface area contributed by atoms with Crippen molar-refractivity contribution < 1.29 is 4.79 Å². The van der Waals surface area contributed by atoms with Gasteiger partial charge in [0.15, 0.2) is 0 Å². The van der Waals surface area contributed by atoms with Crippen molar-refractivity contribution in [2.45, 2.75) is 32.9 Å². The van der Waals surface area contributed by atoms with E-state index in [2.05, 4.69) is 12.2 Å². The first kappa shape index (κ1) is 13.6. The van der Waals surface area contributed by atoms with Gasteiger partial charge in [0.1, 0.15) is 6.54 Å². The second kappa shape index (κ2) is 6.38. The molecular formula is C15H21N3O. The zero-order valence-corrected chi connectivity index (χ0v) is 11.4. The number of para-hydroxylation sites is 1. The molecule has 0 saturated heterocycles. The smallest absolute Gasteiger partial charge is 0.239 e. The Morgan fingerprint density at radius 2 is 2.21 bits per heavy atom. The molecule has 3 N–H and O–H groups in total. The third-order valence-corrected chi connectivity index (χ3v) is 3.26. The number of rotatable bonds is 6. The van der Waals surface area contributed by atoms with E-state index in [-0.39, 0.29) is 5.91 Å². The van der Waals surface area contributed by atoms with Gasteiger partial charge < -0.3 is 15.6 Å². The summed E-state index contributed by atoms with van der Waals surface area (Å²) in [4.78, 5) is 11.9. The first-order valence-corrected chi connectivity index (χ1v) is 6.79. The molecule has 0 bridgehead atoms. The Hall–Kier alpha value is -1.81. The predicted octanol–water partition coefficient (Wildman–Crippen LogP) is 2.02. The van der Waals surface area contributed by atoms with Crippen LogP contribution in [0, 0.1) is 0 Å². The fraction of sp³-hybridized carbons (Fsp3) is 0.400. The number of hydrogen-bond donors (Lipinski definition) is 2. The van der Waals surface area contributed by atoms with Crippen molar-refractivity contribution in [3.8, 4) is 0 Å². The molecule has 0 radical (unpaired) electrons. The summed E-state index contributed by atoms with van der Waals surface area (Å²) in [7, 11) is 0. The number of nitrogens with zero attached hydrogens (tertiary/aromatic N) is 1. The molecule has 4 nitrogen and oxygen atoms in total. The quantitative estimate of drug-likeness (QED) is 0.780. The molecular weight excluding hydrogens is 238 g/mol. The number of carbonyl (C=O) groups is 1. The number of hydrogen-bond acceptors (Lipinski definition) is 2. The van der Waals surface area contributed by atoms with Gasteiger partial charge in [-0.05, 0) is 23.4 Å². The highest BCUT2D eigenvalue weighted by atomic mass is 16.1. The molecule has 1 aromatic heterocycles. The molecule has 0 spiro atoms. The molecule has 2 aromatic rings. The summed E-state index contributed by atoms with van der Waals surface area (Å²) in [6, 6.07) is 8.07. The third kappa shape index (κ3) is 3.15. The van der Waals surface area contributed by atoms with Gasteiger partial charge in [-0.15, -0.1) is 0 Å². The highest BCUT2D eigenvalue weighted by Crippen LogP contribution is 2.19. The van der Waals surface area contributed by atoms with Crippen LogP contribution in [0.4, 0.5) is 0 Å². The minimum atomic E-state index is 0.0535. The number of benzene rings is 1. The molecule has 0 fully saturated rings. The van der Waals surface area contributed by atoms with E-state index in [0.29, 0.717) is 13.1 Å². The van der Waals surface area contributed by atoms with Crippen LogP contribution in [-0.4, -0.2) is 17.0 Å². The standard InChI is InChI=1S/C15H21N3O/c1-2-3-8-17-14(19)11-18-9-7-12-5-4-6-13(10-16)15(12)18/h4-7,9H,2-3,8,10-11,16H2,1H3,(H,17,19). The average Bonchev–Trinajstić information content (AvgIpc) is 2.82. The minimum Gasteiger partial charge on any atom is -0.355 e. The van der Waals surface area contributed by atoms with Gasteiger partial charge >= 0.3 is 0 Å². The predicted molar refractivity (Wildman–Crippen MR) is 77.7 cm³/mol. The number of unbranched alkanes of at least 4 members (excludes halogenated alkanes) is 1. The van der Waals surface area contributed by atoms with E-state index < -0.39 is 0 Å². The molecule has 0 aliphatic carbocycles. The zero-order valence-electron chi connectivity index (χ0n) is 11.4. The fourth-order valence-electron chi connectivity index (χ4n) is 2.25. The van der Waals surface area contributed by atoms with Gasteiger partial charge in [0, 0.05) is 19.3 Å². The van der Waals surface area contributed by atoms with Gasteiger partial charge in [0.05, 0.1) is 5.52 Å². The van der Waals surface area contributed by atoms with Gasteiger partial charge in [-0.25, -0.2) is 0 Å². The molecule has 2 rings (SSSR count). The summed E-state index contributed by atoms with van der Waals surface area (Å²) in [6.07, 6.45) is 4.06. The van der Waals surface area contributed by atoms with E-state index in [9.17, 15) is 4.79 Å². The summed E-state index contributed by atoms with van der Waals surface area (Å²) in [5.74, 6) is 0.0535. The molecule has 0 aliphatic rings. The summed E-state index contributed by atoms with van der Waals surface area (Å²) >= 11 is 0. The van der Waals surface area contributed by atoms with E-state index >= 15 is 0 Å². The van der Waals surface area contributed by atoms with Gasteiger partial charge in [-0.2, -0.15) is 0 Å². The Balaban J connectivity index is 2.14. The number of nitrogens with two attached hydrogens (primary N) is 1. The number of nitrogens with one attached hydrogen (secondary N) is 1. The lowest BCUT2D eigenvalue weighted by Gasteiger charge is -2.09. The molecule has 1 heterocycles. The minimum absolute atomic E-state index is 0.0535. The Morgan fingerprint density at radius 1 is 1.37 bits per heavy atom. The zero-order chi connectivity index (χ0) is 13.7. The van der Waals surface area contributed by atoms with Crippen LogP contribution in [-0.2, 0) is 17.9 Å². The van der Waals surface area contributed by atoms with Crippen LogP contribution in [0.5, 0.6) is 0 Å². The third-order valence-electron chi connectivity index (χ3n) is 3.26. The van der Waals surface area contributed by atoms with Crippen molar-refractivity contribution in [2.24, 2.45) is 5.73 Å². The van der Waals surface area contributed by atoms with Crippen molar-refractivity contribution in [1.29, 1.82) is 0 Å². The molecule has 0 unspecified atom stereocenters. The first-order valence-electron chi connectivity index (χ1n) is 6.79. The van der Waals surface area contributed by atoms with E-state index in [0.717, 1.165) is 35.9 Å². The number of aromatic nitrogens is 1. The average molecular weight is 259 g/mol. The summed E-state index contributed by atoms with van der Waals surface area (Å²) in [5, 5.41) is 4.06. The van der Waals surface area contributed by atoms with Crippen molar-refractivity contribution in [3.63, 3.8) is 0 Å². The highest BCUT2D eigenvalue weighted by molar-refractivity contribution is 5.85. The van der Waals surface area contributed by atoms with Gasteiger partial charge in [0.25, 0.3) is 0 Å². The van der Waals surface area contributed by atoms with Gasteiger partial charge in [-0.3, -0.25) is 4.79 Å². The van der Waals surface area contributed by atoms with Crippen LogP contribution in [0.3, 0.4) is 0 Å². The Labute approximate surface area is 113 Å². The van der Waals surface area contributed by atoms with Crippen LogP contribution in [0.2, 0.25) is 0 Å². The topological polar surface area (TPSA) is 60.0 Å². The normalized spacial score (nSPS) is 10.8. The summed E-state index contributed by atoms with van der Waals surface area (Å²) in [6.45, 7) is 3.69. The van der Waals surface area contributed by atoms with E-state index in [1.165, 1.54) is 0 Å². The largest absolute Gasteiger partial charge is 0.355 e. The Bertz CT molecular complexity index is 560. The number of carbonyl (C=O) groups excluding carboxylic acids is 1. The SMILES string of the molecule is CCCCNC(=O)Cn1ccc2cccc(CN)c21. The molecule has 0 atom stereocenters. The molecule has 0 saturated carbocycles. The van der Waals surface area contributed by atoms with Crippen LogP contribution < -0.4 is 11.1 Å². The number of amides is 1. The maximum absolute atomic E-state index is 11.9. The van der Waals surface area contributed by atoms with Crippen LogP contribution >= 0.6 is 0 Å². The second-order valence-electron chi connectivity index (χ2n) is 4.71. The molecule has 1 amide bonds. The van der Waals surface area contributed by atoms with E-state index in [1.807, 2.05) is 35.0 Å². The fourth-order valence-corrected chi connectivity index (χ4v) is 2.25. The molecule has 19 heavy (non-hydrogen) atoms. The van der Waals surface area contributed by atoms with Crippen LogP contribution in [0.15, 0.2) is 30.5 Å². The Morgan fingerprint density at radius 3 is 2.95 bits per heavy atom. The van der Waals surface area contributed by atoms with Crippen molar-refractivity contribution in [3.05, 3.63) is 36.0 Å². The maximum Gasteiger partial charge on any atom is 0.239 e. The lowest BCUT2D eigenvalue weighted by atomic mass is 10.1. The van der Waals surface area contributed by atoms with E-state index in [1.54, 1.807) is 0 Å². The van der Waals surface area contributed by atoms with Crippen molar-refractivity contribution in [1.82, 2.24) is 9.88 Å². The Kier molecular flexibility index (Phi) is 4.58. The van der Waals surface area contributed by atoms with Crippen molar-refractivity contribution >= 4 is 16.8 Å². The van der Waals surface area contributed by atoms with E-state index in [4.69, 9.17) is 5.73 Å².